The Balaban J connectivity index is 1.90. The molecule has 8 heteroatoms. The first-order valence-electron chi connectivity index (χ1n) is 7.99. The fourth-order valence-corrected chi connectivity index (χ4v) is 2.78. The Morgan fingerprint density at radius 2 is 2.21 bits per heavy atom. The molecule has 1 aliphatic rings. The molecule has 24 heavy (non-hydrogen) atoms. The summed E-state index contributed by atoms with van der Waals surface area (Å²) in [6.07, 6.45) is -4.21. The van der Waals surface area contributed by atoms with Crippen LogP contribution in [0.2, 0.25) is 5.02 Å². The second-order valence-corrected chi connectivity index (χ2v) is 6.12. The molecular formula is C16H22ClF3N4. The Labute approximate surface area is 145 Å². The van der Waals surface area contributed by atoms with Gasteiger partial charge in [0, 0.05) is 36.4 Å². The maximum atomic E-state index is 12.2. The summed E-state index contributed by atoms with van der Waals surface area (Å²) in [5.41, 5.74) is 1.05. The van der Waals surface area contributed by atoms with Crippen LogP contribution in [0, 0.1) is 0 Å². The Hall–Kier alpha value is -1.63. The van der Waals surface area contributed by atoms with E-state index in [1.54, 1.807) is 0 Å². The summed E-state index contributed by atoms with van der Waals surface area (Å²) < 4.78 is 36.7. The van der Waals surface area contributed by atoms with E-state index in [0.29, 0.717) is 17.5 Å². The molecule has 0 aromatic heterocycles. The van der Waals surface area contributed by atoms with Gasteiger partial charge in [0.25, 0.3) is 0 Å². The molecule has 1 atom stereocenters. The van der Waals surface area contributed by atoms with Crippen LogP contribution in [0.3, 0.4) is 0 Å². The van der Waals surface area contributed by atoms with Crippen molar-refractivity contribution in [2.24, 2.45) is 4.99 Å². The van der Waals surface area contributed by atoms with E-state index in [1.165, 1.54) is 0 Å². The predicted octanol–water partition coefficient (Wildman–Crippen LogP) is 3.43. The van der Waals surface area contributed by atoms with E-state index in [1.807, 2.05) is 31.2 Å². The van der Waals surface area contributed by atoms with Crippen molar-refractivity contribution in [3.8, 4) is 0 Å². The van der Waals surface area contributed by atoms with E-state index in [0.717, 1.165) is 25.2 Å². The van der Waals surface area contributed by atoms with Crippen molar-refractivity contribution < 1.29 is 13.2 Å². The Morgan fingerprint density at radius 3 is 2.88 bits per heavy atom. The van der Waals surface area contributed by atoms with Crippen LogP contribution in [0.15, 0.2) is 29.3 Å². The summed E-state index contributed by atoms with van der Waals surface area (Å²) in [4.78, 5) is 6.21. The van der Waals surface area contributed by atoms with Crippen LogP contribution in [0.4, 0.5) is 18.9 Å². The molecule has 1 saturated heterocycles. The largest absolute Gasteiger partial charge is 0.390 e. The maximum Gasteiger partial charge on any atom is 0.390 e. The van der Waals surface area contributed by atoms with Gasteiger partial charge in [-0.25, -0.2) is 0 Å². The van der Waals surface area contributed by atoms with Crippen molar-refractivity contribution in [2.75, 3.05) is 31.1 Å². The molecule has 0 aliphatic carbocycles. The number of hydrogen-bond acceptors (Lipinski definition) is 2. The molecule has 1 heterocycles. The lowest BCUT2D eigenvalue weighted by atomic mass is 10.2. The number of alkyl halides is 3. The fraction of sp³-hybridized carbons (Fsp3) is 0.562. The topological polar surface area (TPSA) is 39.7 Å². The normalized spacial score (nSPS) is 18.8. The molecule has 0 spiro atoms. The summed E-state index contributed by atoms with van der Waals surface area (Å²) >= 11 is 6.02. The molecule has 0 saturated carbocycles. The first kappa shape index (κ1) is 18.7. The lowest BCUT2D eigenvalue weighted by Crippen LogP contribution is -2.44. The predicted molar refractivity (Wildman–Crippen MR) is 91.9 cm³/mol. The molecular weight excluding hydrogens is 341 g/mol. The van der Waals surface area contributed by atoms with E-state index in [-0.39, 0.29) is 12.6 Å². The Morgan fingerprint density at radius 1 is 1.42 bits per heavy atom. The zero-order chi connectivity index (χ0) is 17.6. The summed E-state index contributed by atoms with van der Waals surface area (Å²) in [6, 6.07) is 7.77. The van der Waals surface area contributed by atoms with Gasteiger partial charge in [0.15, 0.2) is 5.96 Å². The highest BCUT2D eigenvalue weighted by molar-refractivity contribution is 6.30. The van der Waals surface area contributed by atoms with Crippen molar-refractivity contribution >= 4 is 23.2 Å². The van der Waals surface area contributed by atoms with E-state index < -0.39 is 12.6 Å². The number of anilines is 1. The average molecular weight is 363 g/mol. The third-order valence-electron chi connectivity index (χ3n) is 3.71. The molecule has 2 N–H and O–H groups in total. The first-order valence-corrected chi connectivity index (χ1v) is 8.37. The number of nitrogens with zero attached hydrogens (tertiary/aromatic N) is 2. The maximum absolute atomic E-state index is 12.2. The van der Waals surface area contributed by atoms with E-state index in [2.05, 4.69) is 20.5 Å². The van der Waals surface area contributed by atoms with Crippen LogP contribution >= 0.6 is 11.6 Å². The van der Waals surface area contributed by atoms with Crippen LogP contribution in [0.5, 0.6) is 0 Å². The van der Waals surface area contributed by atoms with Gasteiger partial charge in [0.2, 0.25) is 0 Å². The number of aliphatic imine (C=N–C) groups is 1. The zero-order valence-electron chi connectivity index (χ0n) is 13.5. The SMILES string of the molecule is CCNC(=NCCC(F)(F)F)NC1CCN(c2cccc(Cl)c2)C1. The highest BCUT2D eigenvalue weighted by atomic mass is 35.5. The number of benzene rings is 1. The highest BCUT2D eigenvalue weighted by Crippen LogP contribution is 2.23. The molecule has 0 radical (unpaired) electrons. The minimum Gasteiger partial charge on any atom is -0.369 e. The zero-order valence-corrected chi connectivity index (χ0v) is 14.3. The van der Waals surface area contributed by atoms with Gasteiger partial charge in [-0.05, 0) is 31.5 Å². The first-order chi connectivity index (χ1) is 11.4. The van der Waals surface area contributed by atoms with Crippen molar-refractivity contribution in [1.29, 1.82) is 0 Å². The van der Waals surface area contributed by atoms with E-state index in [4.69, 9.17) is 11.6 Å². The summed E-state index contributed by atoms with van der Waals surface area (Å²) in [5.74, 6) is 0.430. The Bertz CT molecular complexity index is 562. The van der Waals surface area contributed by atoms with Crippen molar-refractivity contribution in [2.45, 2.75) is 32.0 Å². The van der Waals surface area contributed by atoms with Crippen LogP contribution in [0.25, 0.3) is 0 Å². The molecule has 1 fully saturated rings. The van der Waals surface area contributed by atoms with Gasteiger partial charge in [-0.15, -0.1) is 0 Å². The average Bonchev–Trinajstić information content (AvgIpc) is 2.94. The monoisotopic (exact) mass is 362 g/mol. The van der Waals surface area contributed by atoms with Crippen LogP contribution < -0.4 is 15.5 Å². The van der Waals surface area contributed by atoms with Gasteiger partial charge in [-0.1, -0.05) is 17.7 Å². The number of guanidine groups is 1. The minimum absolute atomic E-state index is 0.132. The number of hydrogen-bond donors (Lipinski definition) is 2. The standard InChI is InChI=1S/C16H22ClF3N4/c1-2-21-15(22-8-7-16(18,19)20)23-13-6-9-24(11-13)14-5-3-4-12(17)10-14/h3-5,10,13H,2,6-9,11H2,1H3,(H2,21,22,23). The molecule has 0 bridgehead atoms. The molecule has 1 aromatic carbocycles. The van der Waals surface area contributed by atoms with Crippen molar-refractivity contribution in [1.82, 2.24) is 10.6 Å². The molecule has 1 aliphatic heterocycles. The summed E-state index contributed by atoms with van der Waals surface area (Å²) in [6.45, 7) is 3.82. The van der Waals surface area contributed by atoms with Crippen LogP contribution in [-0.2, 0) is 0 Å². The van der Waals surface area contributed by atoms with Crippen LogP contribution in [-0.4, -0.2) is 44.4 Å². The molecule has 1 unspecified atom stereocenters. The van der Waals surface area contributed by atoms with Gasteiger partial charge in [-0.2, -0.15) is 13.2 Å². The summed E-state index contributed by atoms with van der Waals surface area (Å²) in [7, 11) is 0. The summed E-state index contributed by atoms with van der Waals surface area (Å²) in [5, 5.41) is 6.89. The second-order valence-electron chi connectivity index (χ2n) is 5.68. The second kappa shape index (κ2) is 8.46. The fourth-order valence-electron chi connectivity index (χ4n) is 2.59. The highest BCUT2D eigenvalue weighted by Gasteiger charge is 2.27. The molecule has 0 amide bonds. The van der Waals surface area contributed by atoms with E-state index in [9.17, 15) is 13.2 Å². The van der Waals surface area contributed by atoms with Gasteiger partial charge < -0.3 is 15.5 Å². The van der Waals surface area contributed by atoms with Crippen molar-refractivity contribution in [3.05, 3.63) is 29.3 Å². The molecule has 134 valence electrons. The van der Waals surface area contributed by atoms with E-state index >= 15 is 0 Å². The van der Waals surface area contributed by atoms with Crippen molar-refractivity contribution in [3.63, 3.8) is 0 Å². The smallest absolute Gasteiger partial charge is 0.369 e. The van der Waals surface area contributed by atoms with Gasteiger partial charge in [0.05, 0.1) is 13.0 Å². The minimum atomic E-state index is -4.18. The third-order valence-corrected chi connectivity index (χ3v) is 3.95. The number of halogens is 4. The molecule has 2 rings (SSSR count). The van der Waals surface area contributed by atoms with Gasteiger partial charge in [0.1, 0.15) is 0 Å². The van der Waals surface area contributed by atoms with Crippen LogP contribution in [0.1, 0.15) is 19.8 Å². The van der Waals surface area contributed by atoms with Gasteiger partial charge in [-0.3, -0.25) is 4.99 Å². The third kappa shape index (κ3) is 6.11. The number of rotatable bonds is 5. The lowest BCUT2D eigenvalue weighted by Gasteiger charge is -2.20. The number of nitrogens with one attached hydrogen (secondary N) is 2. The molecule has 4 nitrogen and oxygen atoms in total. The molecule has 1 aromatic rings. The Kier molecular flexibility index (Phi) is 6.60. The van der Waals surface area contributed by atoms with Gasteiger partial charge >= 0.3 is 6.18 Å². The lowest BCUT2D eigenvalue weighted by molar-refractivity contribution is -0.132. The quantitative estimate of drug-likeness (QED) is 0.622.